The molecule has 0 amide bonds. The lowest BCUT2D eigenvalue weighted by Gasteiger charge is -2.07. The first-order valence-electron chi connectivity index (χ1n) is 7.69. The number of nitrogens with zero attached hydrogens (tertiary/aromatic N) is 1. The zero-order valence-corrected chi connectivity index (χ0v) is 12.2. The van der Waals surface area contributed by atoms with Gasteiger partial charge in [-0.1, -0.05) is 65.8 Å². The van der Waals surface area contributed by atoms with Crippen LogP contribution in [0.15, 0.2) is 65.8 Å². The van der Waals surface area contributed by atoms with Crippen LogP contribution in [-0.4, -0.2) is 11.8 Å². The van der Waals surface area contributed by atoms with Crippen molar-refractivity contribution in [2.45, 2.75) is 38.2 Å². The van der Waals surface area contributed by atoms with Gasteiger partial charge in [-0.3, -0.25) is 0 Å². The van der Waals surface area contributed by atoms with Crippen molar-refractivity contribution >= 4 is 5.71 Å². The number of hydrogen-bond acceptors (Lipinski definition) is 2. The Hall–Kier alpha value is -2.09. The molecule has 0 N–H and O–H groups in total. The lowest BCUT2D eigenvalue weighted by Crippen LogP contribution is -2.11. The minimum atomic E-state index is 0.221. The van der Waals surface area contributed by atoms with Crippen molar-refractivity contribution in [3.63, 3.8) is 0 Å². The van der Waals surface area contributed by atoms with Gasteiger partial charge in [-0.2, -0.15) is 0 Å². The van der Waals surface area contributed by atoms with Gasteiger partial charge in [0.2, 0.25) is 0 Å². The van der Waals surface area contributed by atoms with E-state index in [4.69, 9.17) is 4.84 Å². The Morgan fingerprint density at radius 1 is 0.857 bits per heavy atom. The second-order valence-electron chi connectivity index (χ2n) is 5.62. The Labute approximate surface area is 126 Å². The molecule has 2 nitrogen and oxygen atoms in total. The molecule has 1 aliphatic rings. The van der Waals surface area contributed by atoms with Crippen molar-refractivity contribution in [1.82, 2.24) is 0 Å². The molecule has 2 aromatic carbocycles. The van der Waals surface area contributed by atoms with Gasteiger partial charge in [-0.05, 0) is 30.4 Å². The topological polar surface area (TPSA) is 21.6 Å². The first-order valence-corrected chi connectivity index (χ1v) is 7.69. The van der Waals surface area contributed by atoms with E-state index in [1.54, 1.807) is 0 Å². The summed E-state index contributed by atoms with van der Waals surface area (Å²) in [4.78, 5) is 5.56. The number of benzene rings is 2. The monoisotopic (exact) mass is 279 g/mol. The fraction of sp³-hybridized carbons (Fsp3) is 0.316. The Balaban J connectivity index is 1.40. The average molecular weight is 279 g/mol. The summed E-state index contributed by atoms with van der Waals surface area (Å²) in [5, 5.41) is 4.26. The SMILES string of the molecule is c1ccc(CCCC2=NOC(Cc3ccccc3)C2)cc1. The third-order valence-corrected chi connectivity index (χ3v) is 3.87. The van der Waals surface area contributed by atoms with Crippen molar-refractivity contribution < 1.29 is 4.84 Å². The number of hydrogen-bond donors (Lipinski definition) is 0. The summed E-state index contributed by atoms with van der Waals surface area (Å²) in [7, 11) is 0. The Morgan fingerprint density at radius 2 is 1.52 bits per heavy atom. The standard InChI is InChI=1S/C19H21NO/c1-3-8-16(9-4-1)12-7-13-18-15-19(21-20-18)14-17-10-5-2-6-11-17/h1-6,8-11,19H,7,12-15H2. The fourth-order valence-electron chi connectivity index (χ4n) is 2.76. The molecule has 0 bridgehead atoms. The van der Waals surface area contributed by atoms with Gasteiger partial charge in [0.1, 0.15) is 6.10 Å². The van der Waals surface area contributed by atoms with Crippen molar-refractivity contribution in [2.75, 3.05) is 0 Å². The molecule has 1 heterocycles. The summed E-state index contributed by atoms with van der Waals surface area (Å²) in [5.74, 6) is 0. The molecule has 0 spiro atoms. The molecule has 0 fully saturated rings. The van der Waals surface area contributed by atoms with Crippen LogP contribution in [0.4, 0.5) is 0 Å². The summed E-state index contributed by atoms with van der Waals surface area (Å²) in [6, 6.07) is 21.1. The van der Waals surface area contributed by atoms with E-state index in [-0.39, 0.29) is 6.10 Å². The molecule has 1 aliphatic heterocycles. The molecule has 3 rings (SSSR count). The predicted molar refractivity (Wildman–Crippen MR) is 86.5 cm³/mol. The highest BCUT2D eigenvalue weighted by molar-refractivity contribution is 5.85. The van der Waals surface area contributed by atoms with Crippen LogP contribution in [0.1, 0.15) is 30.4 Å². The van der Waals surface area contributed by atoms with Crippen LogP contribution in [-0.2, 0) is 17.7 Å². The molecule has 0 radical (unpaired) electrons. The molecule has 21 heavy (non-hydrogen) atoms. The molecular weight excluding hydrogens is 258 g/mol. The highest BCUT2D eigenvalue weighted by Crippen LogP contribution is 2.19. The van der Waals surface area contributed by atoms with Gasteiger partial charge < -0.3 is 4.84 Å². The third kappa shape index (κ3) is 4.19. The van der Waals surface area contributed by atoms with E-state index in [1.807, 2.05) is 6.07 Å². The Morgan fingerprint density at radius 3 is 2.24 bits per heavy atom. The van der Waals surface area contributed by atoms with Crippen molar-refractivity contribution in [3.8, 4) is 0 Å². The Bertz CT molecular complexity index is 577. The minimum Gasteiger partial charge on any atom is -0.392 e. The number of rotatable bonds is 6. The normalized spacial score (nSPS) is 17.3. The lowest BCUT2D eigenvalue weighted by atomic mass is 10.0. The van der Waals surface area contributed by atoms with Gasteiger partial charge in [0, 0.05) is 12.8 Å². The molecule has 0 saturated heterocycles. The van der Waals surface area contributed by atoms with Crippen LogP contribution in [0.2, 0.25) is 0 Å². The molecule has 2 aromatic rings. The minimum absolute atomic E-state index is 0.221. The zero-order valence-electron chi connectivity index (χ0n) is 12.2. The van der Waals surface area contributed by atoms with Crippen LogP contribution in [0.5, 0.6) is 0 Å². The van der Waals surface area contributed by atoms with E-state index >= 15 is 0 Å². The average Bonchev–Trinajstić information content (AvgIpc) is 2.97. The second kappa shape index (κ2) is 7.07. The fourth-order valence-corrected chi connectivity index (χ4v) is 2.76. The van der Waals surface area contributed by atoms with Gasteiger partial charge >= 0.3 is 0 Å². The van der Waals surface area contributed by atoms with Gasteiger partial charge in [0.25, 0.3) is 0 Å². The van der Waals surface area contributed by atoms with E-state index in [0.717, 1.165) is 32.1 Å². The second-order valence-corrected chi connectivity index (χ2v) is 5.62. The lowest BCUT2D eigenvalue weighted by molar-refractivity contribution is 0.0859. The Kier molecular flexibility index (Phi) is 4.67. The van der Waals surface area contributed by atoms with E-state index in [9.17, 15) is 0 Å². The molecule has 1 atom stereocenters. The summed E-state index contributed by atoms with van der Waals surface area (Å²) >= 11 is 0. The zero-order chi connectivity index (χ0) is 14.3. The van der Waals surface area contributed by atoms with E-state index < -0.39 is 0 Å². The first kappa shape index (κ1) is 13.9. The van der Waals surface area contributed by atoms with Gasteiger partial charge in [0.05, 0.1) is 5.71 Å². The van der Waals surface area contributed by atoms with Crippen molar-refractivity contribution in [3.05, 3.63) is 71.8 Å². The molecule has 0 aromatic heterocycles. The van der Waals surface area contributed by atoms with Gasteiger partial charge in [-0.25, -0.2) is 0 Å². The van der Waals surface area contributed by atoms with Crippen LogP contribution < -0.4 is 0 Å². The maximum Gasteiger partial charge on any atom is 0.136 e. The van der Waals surface area contributed by atoms with Crippen LogP contribution in [0.25, 0.3) is 0 Å². The molecule has 0 aliphatic carbocycles. The maximum absolute atomic E-state index is 5.56. The van der Waals surface area contributed by atoms with Gasteiger partial charge in [0.15, 0.2) is 0 Å². The summed E-state index contributed by atoms with van der Waals surface area (Å²) in [6.07, 6.45) is 5.45. The van der Waals surface area contributed by atoms with E-state index in [2.05, 4.69) is 59.8 Å². The van der Waals surface area contributed by atoms with Crippen molar-refractivity contribution in [1.29, 1.82) is 0 Å². The summed E-state index contributed by atoms with van der Waals surface area (Å²) < 4.78 is 0. The van der Waals surface area contributed by atoms with Crippen molar-refractivity contribution in [2.24, 2.45) is 5.16 Å². The van der Waals surface area contributed by atoms with Crippen LogP contribution in [0.3, 0.4) is 0 Å². The molecule has 108 valence electrons. The highest BCUT2D eigenvalue weighted by atomic mass is 16.6. The quantitative estimate of drug-likeness (QED) is 0.768. The first-order chi connectivity index (χ1) is 10.4. The third-order valence-electron chi connectivity index (χ3n) is 3.87. The number of oxime groups is 1. The molecule has 1 unspecified atom stereocenters. The molecular formula is C19H21NO. The molecule has 0 saturated carbocycles. The highest BCUT2D eigenvalue weighted by Gasteiger charge is 2.20. The van der Waals surface area contributed by atoms with E-state index in [0.29, 0.717) is 0 Å². The van der Waals surface area contributed by atoms with Crippen LogP contribution in [0, 0.1) is 0 Å². The largest absolute Gasteiger partial charge is 0.392 e. The van der Waals surface area contributed by atoms with Crippen LogP contribution >= 0.6 is 0 Å². The number of aryl methyl sites for hydroxylation is 1. The summed E-state index contributed by atoms with van der Waals surface area (Å²) in [5.41, 5.74) is 3.94. The van der Waals surface area contributed by atoms with Gasteiger partial charge in [-0.15, -0.1) is 0 Å². The smallest absolute Gasteiger partial charge is 0.136 e. The molecule has 2 heteroatoms. The summed E-state index contributed by atoms with van der Waals surface area (Å²) in [6.45, 7) is 0. The predicted octanol–water partition coefficient (Wildman–Crippen LogP) is 4.40. The van der Waals surface area contributed by atoms with E-state index in [1.165, 1.54) is 16.8 Å². The maximum atomic E-state index is 5.56.